The van der Waals surface area contributed by atoms with Gasteiger partial charge in [0.05, 0.1) is 5.92 Å². The zero-order chi connectivity index (χ0) is 22.2. The van der Waals surface area contributed by atoms with Crippen LogP contribution in [0.5, 0.6) is 0 Å². The first-order valence-corrected chi connectivity index (χ1v) is 12.3. The van der Waals surface area contributed by atoms with E-state index in [1.54, 1.807) is 18.4 Å². The van der Waals surface area contributed by atoms with E-state index in [1.165, 1.54) is 4.31 Å². The fourth-order valence-corrected chi connectivity index (χ4v) is 6.44. The lowest BCUT2D eigenvalue weighted by atomic mass is 9.98. The van der Waals surface area contributed by atoms with E-state index in [4.69, 9.17) is 4.52 Å². The smallest absolute Gasteiger partial charge is 0.252 e. The van der Waals surface area contributed by atoms with E-state index in [9.17, 15) is 13.2 Å². The number of hydrogen-bond donors (Lipinski definition) is 1. The SMILES string of the molecule is Cc1nc(-c2csc(S(=O)(=O)N3CCCC(C(=O)Nc4cccc(C)c4C)C3)c2)no1. The Morgan fingerprint density at radius 2 is 2.10 bits per heavy atom. The fraction of sp³-hybridized carbons (Fsp3) is 0.381. The first-order chi connectivity index (χ1) is 14.8. The maximum Gasteiger partial charge on any atom is 0.252 e. The van der Waals surface area contributed by atoms with E-state index < -0.39 is 15.9 Å². The molecule has 31 heavy (non-hydrogen) atoms. The number of nitrogens with one attached hydrogen (secondary N) is 1. The molecule has 1 fully saturated rings. The standard InChI is InChI=1S/C21H24N4O4S2/c1-13-6-4-8-18(14(13)2)23-21(26)16-7-5-9-25(11-16)31(27,28)19-10-17(12-30-19)20-22-15(3)29-24-20/h4,6,8,10,12,16H,5,7,9,11H2,1-3H3,(H,23,26). The molecule has 1 unspecified atom stereocenters. The molecule has 3 heterocycles. The largest absolute Gasteiger partial charge is 0.339 e. The normalized spacial score (nSPS) is 17.6. The van der Waals surface area contributed by atoms with Gasteiger partial charge in [0, 0.05) is 36.6 Å². The molecule has 0 aliphatic carbocycles. The van der Waals surface area contributed by atoms with Gasteiger partial charge in [0.15, 0.2) is 0 Å². The Morgan fingerprint density at radius 1 is 1.29 bits per heavy atom. The molecule has 1 N–H and O–H groups in total. The van der Waals surface area contributed by atoms with Crippen LogP contribution in [0, 0.1) is 26.7 Å². The van der Waals surface area contributed by atoms with Gasteiger partial charge in [-0.15, -0.1) is 11.3 Å². The van der Waals surface area contributed by atoms with Gasteiger partial charge in [0.2, 0.25) is 17.6 Å². The van der Waals surface area contributed by atoms with Crippen LogP contribution in [0.25, 0.3) is 11.4 Å². The molecular formula is C21H24N4O4S2. The third-order valence-electron chi connectivity index (χ3n) is 5.57. The number of nitrogens with zero attached hydrogens (tertiary/aromatic N) is 3. The molecule has 1 aliphatic heterocycles. The third-order valence-corrected chi connectivity index (χ3v) is 8.85. The number of thiophene rings is 1. The summed E-state index contributed by atoms with van der Waals surface area (Å²) in [6, 6.07) is 7.31. The molecule has 1 saturated heterocycles. The maximum absolute atomic E-state index is 13.2. The van der Waals surface area contributed by atoms with Gasteiger partial charge in [-0.3, -0.25) is 4.79 Å². The predicted octanol–water partition coefficient (Wildman–Crippen LogP) is 3.76. The summed E-state index contributed by atoms with van der Waals surface area (Å²) in [5.74, 6) is 0.226. The van der Waals surface area contributed by atoms with Crippen molar-refractivity contribution in [2.24, 2.45) is 5.92 Å². The zero-order valence-corrected chi connectivity index (χ0v) is 19.2. The van der Waals surface area contributed by atoms with Crippen LogP contribution >= 0.6 is 11.3 Å². The van der Waals surface area contributed by atoms with Crippen LogP contribution in [0.4, 0.5) is 5.69 Å². The highest BCUT2D eigenvalue weighted by Gasteiger charge is 2.34. The number of carbonyl (C=O) groups excluding carboxylic acids is 1. The zero-order valence-electron chi connectivity index (χ0n) is 17.6. The second kappa shape index (κ2) is 8.52. The minimum absolute atomic E-state index is 0.150. The number of hydrogen-bond acceptors (Lipinski definition) is 7. The highest BCUT2D eigenvalue weighted by atomic mass is 32.2. The van der Waals surface area contributed by atoms with Crippen molar-refractivity contribution in [1.29, 1.82) is 0 Å². The van der Waals surface area contributed by atoms with Gasteiger partial charge in [0.1, 0.15) is 4.21 Å². The summed E-state index contributed by atoms with van der Waals surface area (Å²) in [4.78, 5) is 17.0. The van der Waals surface area contributed by atoms with Crippen LogP contribution in [-0.4, -0.2) is 41.9 Å². The maximum atomic E-state index is 13.2. The molecule has 10 heteroatoms. The number of carbonyl (C=O) groups is 1. The summed E-state index contributed by atoms with van der Waals surface area (Å²) in [6.07, 6.45) is 1.28. The van der Waals surface area contributed by atoms with Gasteiger partial charge in [-0.1, -0.05) is 17.3 Å². The number of sulfonamides is 1. The average molecular weight is 461 g/mol. The number of aryl methyl sites for hydroxylation is 2. The quantitative estimate of drug-likeness (QED) is 0.621. The molecule has 1 aromatic carbocycles. The average Bonchev–Trinajstić information content (AvgIpc) is 3.41. The van der Waals surface area contributed by atoms with Crippen molar-refractivity contribution in [3.05, 3.63) is 46.7 Å². The monoisotopic (exact) mass is 460 g/mol. The number of piperidine rings is 1. The van der Waals surface area contributed by atoms with Crippen LogP contribution in [0.15, 0.2) is 38.4 Å². The first kappa shape index (κ1) is 21.7. The number of amides is 1. The Bertz CT molecular complexity index is 1220. The molecule has 0 spiro atoms. The van der Waals surface area contributed by atoms with E-state index in [-0.39, 0.29) is 16.7 Å². The van der Waals surface area contributed by atoms with Gasteiger partial charge >= 0.3 is 0 Å². The van der Waals surface area contributed by atoms with E-state index in [1.807, 2.05) is 32.0 Å². The van der Waals surface area contributed by atoms with Gasteiger partial charge in [0.25, 0.3) is 10.0 Å². The van der Waals surface area contributed by atoms with Crippen molar-refractivity contribution >= 4 is 33.0 Å². The summed E-state index contributed by atoms with van der Waals surface area (Å²) in [5, 5.41) is 8.52. The lowest BCUT2D eigenvalue weighted by molar-refractivity contribution is -0.120. The van der Waals surface area contributed by atoms with Crippen molar-refractivity contribution in [3.8, 4) is 11.4 Å². The Balaban J connectivity index is 1.49. The van der Waals surface area contributed by atoms with E-state index >= 15 is 0 Å². The Kier molecular flexibility index (Phi) is 5.96. The Morgan fingerprint density at radius 3 is 2.84 bits per heavy atom. The Labute approximate surface area is 185 Å². The molecule has 1 amide bonds. The van der Waals surface area contributed by atoms with Crippen LogP contribution in [0.1, 0.15) is 29.9 Å². The minimum Gasteiger partial charge on any atom is -0.339 e. The number of aromatic nitrogens is 2. The summed E-state index contributed by atoms with van der Waals surface area (Å²) in [7, 11) is -3.71. The Hall–Kier alpha value is -2.56. The lowest BCUT2D eigenvalue weighted by Gasteiger charge is -2.31. The summed E-state index contributed by atoms with van der Waals surface area (Å²) >= 11 is 1.12. The molecule has 0 radical (unpaired) electrons. The summed E-state index contributed by atoms with van der Waals surface area (Å²) < 4.78 is 33.0. The van der Waals surface area contributed by atoms with Crippen LogP contribution in [0.3, 0.4) is 0 Å². The topological polar surface area (TPSA) is 105 Å². The molecule has 8 nitrogen and oxygen atoms in total. The van der Waals surface area contributed by atoms with E-state index in [0.29, 0.717) is 36.7 Å². The van der Waals surface area contributed by atoms with E-state index in [2.05, 4.69) is 15.5 Å². The van der Waals surface area contributed by atoms with Gasteiger partial charge in [-0.05, 0) is 49.9 Å². The minimum atomic E-state index is -3.71. The predicted molar refractivity (Wildman–Crippen MR) is 118 cm³/mol. The second-order valence-corrected chi connectivity index (χ2v) is 10.8. The highest BCUT2D eigenvalue weighted by molar-refractivity contribution is 7.91. The number of rotatable bonds is 5. The van der Waals surface area contributed by atoms with Crippen LogP contribution < -0.4 is 5.32 Å². The molecule has 0 bridgehead atoms. The number of benzene rings is 1. The van der Waals surface area contributed by atoms with Crippen molar-refractivity contribution in [3.63, 3.8) is 0 Å². The molecule has 2 aromatic heterocycles. The van der Waals surface area contributed by atoms with Crippen molar-refractivity contribution < 1.29 is 17.7 Å². The molecule has 3 aromatic rings. The van der Waals surface area contributed by atoms with Gasteiger partial charge < -0.3 is 9.84 Å². The summed E-state index contributed by atoms with van der Waals surface area (Å²) in [6.45, 7) is 6.18. The van der Waals surface area contributed by atoms with Crippen molar-refractivity contribution in [2.45, 2.75) is 37.8 Å². The lowest BCUT2D eigenvalue weighted by Crippen LogP contribution is -2.43. The van der Waals surface area contributed by atoms with Gasteiger partial charge in [-0.25, -0.2) is 8.42 Å². The molecule has 4 rings (SSSR count). The third kappa shape index (κ3) is 4.41. The molecule has 0 saturated carbocycles. The first-order valence-electron chi connectivity index (χ1n) is 10.0. The second-order valence-electron chi connectivity index (χ2n) is 7.73. The van der Waals surface area contributed by atoms with Crippen molar-refractivity contribution in [1.82, 2.24) is 14.4 Å². The fourth-order valence-electron chi connectivity index (χ4n) is 3.61. The van der Waals surface area contributed by atoms with Crippen LogP contribution in [0.2, 0.25) is 0 Å². The molecule has 1 aliphatic rings. The van der Waals surface area contributed by atoms with Crippen LogP contribution in [-0.2, 0) is 14.8 Å². The summed E-state index contributed by atoms with van der Waals surface area (Å²) in [5.41, 5.74) is 3.47. The van der Waals surface area contributed by atoms with Crippen molar-refractivity contribution in [2.75, 3.05) is 18.4 Å². The molecule has 164 valence electrons. The van der Waals surface area contributed by atoms with Gasteiger partial charge in [-0.2, -0.15) is 9.29 Å². The molecular weight excluding hydrogens is 436 g/mol. The number of anilines is 1. The molecule has 1 atom stereocenters. The van der Waals surface area contributed by atoms with E-state index in [0.717, 1.165) is 28.2 Å². The highest BCUT2D eigenvalue weighted by Crippen LogP contribution is 2.31.